The van der Waals surface area contributed by atoms with Crippen LogP contribution in [-0.2, 0) is 11.3 Å². The zero-order valence-electron chi connectivity index (χ0n) is 19.7. The largest absolute Gasteiger partial charge is 0.381 e. The van der Waals surface area contributed by atoms with Crippen molar-refractivity contribution in [2.45, 2.75) is 51.6 Å². The highest BCUT2D eigenvalue weighted by Gasteiger charge is 2.25. The number of rotatable bonds is 7. The summed E-state index contributed by atoms with van der Waals surface area (Å²) in [6, 6.07) is 0.533. The summed E-state index contributed by atoms with van der Waals surface area (Å²) >= 11 is 1.75. The minimum Gasteiger partial charge on any atom is -0.381 e. The highest BCUT2D eigenvalue weighted by Crippen LogP contribution is 2.20. The van der Waals surface area contributed by atoms with Gasteiger partial charge in [0.25, 0.3) is 0 Å². The maximum Gasteiger partial charge on any atom is 0.191 e. The predicted octanol–water partition coefficient (Wildman–Crippen LogP) is 2.95. The van der Waals surface area contributed by atoms with Gasteiger partial charge >= 0.3 is 0 Å². The molecule has 32 heavy (non-hydrogen) atoms. The van der Waals surface area contributed by atoms with E-state index in [0.29, 0.717) is 6.04 Å². The van der Waals surface area contributed by atoms with Gasteiger partial charge in [-0.25, -0.2) is 4.98 Å². The zero-order valence-corrected chi connectivity index (χ0v) is 22.9. The van der Waals surface area contributed by atoms with E-state index in [4.69, 9.17) is 4.74 Å². The number of guanidine groups is 1. The quantitative estimate of drug-likeness (QED) is 0.296. The van der Waals surface area contributed by atoms with Crippen LogP contribution in [0.15, 0.2) is 10.4 Å². The normalized spacial score (nSPS) is 24.4. The first-order valence-electron chi connectivity index (χ1n) is 12.1. The molecule has 0 aromatic carbocycles. The third kappa shape index (κ3) is 8.07. The van der Waals surface area contributed by atoms with E-state index in [2.05, 4.69) is 42.7 Å². The van der Waals surface area contributed by atoms with Crippen LogP contribution in [0.2, 0.25) is 0 Å². The van der Waals surface area contributed by atoms with Crippen LogP contribution in [0.25, 0.3) is 0 Å². The van der Waals surface area contributed by atoms with Crippen LogP contribution >= 0.6 is 35.3 Å². The monoisotopic (exact) mass is 576 g/mol. The van der Waals surface area contributed by atoms with Crippen LogP contribution < -0.4 is 10.6 Å². The summed E-state index contributed by atoms with van der Waals surface area (Å²) in [4.78, 5) is 14.3. The number of nitrogens with zero attached hydrogens (tertiary/aromatic N) is 4. The standard InChI is InChI=1S/C23H40N6OS.HI/c1-18-26-22(17-31-18)15-29-8-3-19(4-9-29)13-25-23(24-2)27-21-5-10-28(11-6-21)14-20-7-12-30-16-20;/h17,19-21H,3-16H2,1-2H3,(H2,24,25,27);1H. The third-order valence-corrected chi connectivity index (χ3v) is 7.83. The van der Waals surface area contributed by atoms with Crippen molar-refractivity contribution in [3.63, 3.8) is 0 Å². The molecule has 7 nitrogen and oxygen atoms in total. The fourth-order valence-corrected chi connectivity index (χ4v) is 5.64. The molecule has 1 aromatic heterocycles. The number of aryl methyl sites for hydroxylation is 1. The number of hydrogen-bond acceptors (Lipinski definition) is 6. The van der Waals surface area contributed by atoms with Gasteiger partial charge in [-0.15, -0.1) is 35.3 Å². The van der Waals surface area contributed by atoms with E-state index >= 15 is 0 Å². The van der Waals surface area contributed by atoms with Crippen molar-refractivity contribution in [1.29, 1.82) is 0 Å². The summed E-state index contributed by atoms with van der Waals surface area (Å²) in [6.07, 6.45) is 6.12. The summed E-state index contributed by atoms with van der Waals surface area (Å²) < 4.78 is 5.53. The Morgan fingerprint density at radius 3 is 2.50 bits per heavy atom. The van der Waals surface area contributed by atoms with Crippen molar-refractivity contribution < 1.29 is 4.74 Å². The molecular formula is C23H41IN6OS. The van der Waals surface area contributed by atoms with Gasteiger partial charge in [0, 0.05) is 57.8 Å². The van der Waals surface area contributed by atoms with E-state index in [1.807, 2.05) is 7.05 Å². The first-order chi connectivity index (χ1) is 15.2. The minimum atomic E-state index is 0. The van der Waals surface area contributed by atoms with Crippen molar-refractivity contribution in [3.8, 4) is 0 Å². The van der Waals surface area contributed by atoms with Gasteiger partial charge in [-0.05, 0) is 64.0 Å². The van der Waals surface area contributed by atoms with E-state index in [-0.39, 0.29) is 24.0 Å². The SMILES string of the molecule is CN=C(NCC1CCN(Cc2csc(C)n2)CC1)NC1CCN(CC2CCOC2)CC1.I. The Hall–Kier alpha value is -0.490. The molecule has 0 bridgehead atoms. The Bertz CT molecular complexity index is 694. The zero-order chi connectivity index (χ0) is 21.5. The molecule has 182 valence electrons. The molecule has 1 unspecified atom stereocenters. The summed E-state index contributed by atoms with van der Waals surface area (Å²) in [6.45, 7) is 11.9. The van der Waals surface area contributed by atoms with Gasteiger partial charge in [-0.2, -0.15) is 0 Å². The predicted molar refractivity (Wildman–Crippen MR) is 143 cm³/mol. The molecule has 3 aliphatic heterocycles. The second-order valence-corrected chi connectivity index (χ2v) is 10.5. The summed E-state index contributed by atoms with van der Waals surface area (Å²) in [7, 11) is 1.89. The van der Waals surface area contributed by atoms with Crippen LogP contribution in [0.5, 0.6) is 0 Å². The van der Waals surface area contributed by atoms with E-state index in [1.165, 1.54) is 75.5 Å². The number of hydrogen-bond donors (Lipinski definition) is 2. The number of piperidine rings is 2. The number of aromatic nitrogens is 1. The van der Waals surface area contributed by atoms with Crippen LogP contribution in [-0.4, -0.2) is 86.3 Å². The number of thiazole rings is 1. The third-order valence-electron chi connectivity index (χ3n) is 7.01. The first-order valence-corrected chi connectivity index (χ1v) is 13.0. The van der Waals surface area contributed by atoms with Crippen molar-refractivity contribution in [3.05, 3.63) is 16.1 Å². The van der Waals surface area contributed by atoms with E-state index < -0.39 is 0 Å². The molecule has 2 N–H and O–H groups in total. The lowest BCUT2D eigenvalue weighted by atomic mass is 9.96. The van der Waals surface area contributed by atoms with Crippen molar-refractivity contribution in [2.75, 3.05) is 59.5 Å². The molecule has 0 amide bonds. The van der Waals surface area contributed by atoms with E-state index in [0.717, 1.165) is 44.1 Å². The number of ether oxygens (including phenoxy) is 1. The fourth-order valence-electron chi connectivity index (χ4n) is 5.04. The molecule has 3 aliphatic rings. The molecule has 4 heterocycles. The van der Waals surface area contributed by atoms with Crippen LogP contribution in [0, 0.1) is 18.8 Å². The number of likely N-dealkylation sites (tertiary alicyclic amines) is 2. The summed E-state index contributed by atoms with van der Waals surface area (Å²) in [5.74, 6) is 2.45. The summed E-state index contributed by atoms with van der Waals surface area (Å²) in [5, 5.41) is 10.6. The minimum absolute atomic E-state index is 0. The Balaban J connectivity index is 0.00000289. The topological polar surface area (TPSA) is 65.0 Å². The lowest BCUT2D eigenvalue weighted by Crippen LogP contribution is -2.50. The van der Waals surface area contributed by atoms with Crippen LogP contribution in [0.1, 0.15) is 42.8 Å². The molecule has 0 saturated carbocycles. The lowest BCUT2D eigenvalue weighted by molar-refractivity contribution is 0.150. The second kappa shape index (κ2) is 13.4. The summed E-state index contributed by atoms with van der Waals surface area (Å²) in [5.41, 5.74) is 1.23. The van der Waals surface area contributed by atoms with Gasteiger partial charge in [0.2, 0.25) is 0 Å². The van der Waals surface area contributed by atoms with Gasteiger partial charge in [-0.1, -0.05) is 0 Å². The average Bonchev–Trinajstić information content (AvgIpc) is 3.45. The van der Waals surface area contributed by atoms with Crippen LogP contribution in [0.4, 0.5) is 0 Å². The Morgan fingerprint density at radius 2 is 1.88 bits per heavy atom. The number of aliphatic imine (C=N–C) groups is 1. The maximum atomic E-state index is 5.53. The lowest BCUT2D eigenvalue weighted by Gasteiger charge is -2.35. The highest BCUT2D eigenvalue weighted by molar-refractivity contribution is 14.0. The van der Waals surface area contributed by atoms with Gasteiger partial charge in [0.15, 0.2) is 5.96 Å². The van der Waals surface area contributed by atoms with Crippen molar-refractivity contribution in [2.24, 2.45) is 16.8 Å². The number of halogens is 1. The average molecular weight is 577 g/mol. The van der Waals surface area contributed by atoms with Crippen molar-refractivity contribution in [1.82, 2.24) is 25.4 Å². The van der Waals surface area contributed by atoms with Gasteiger partial charge < -0.3 is 20.3 Å². The smallest absolute Gasteiger partial charge is 0.191 e. The maximum absolute atomic E-state index is 5.53. The van der Waals surface area contributed by atoms with Gasteiger partial charge in [0.05, 0.1) is 17.3 Å². The van der Waals surface area contributed by atoms with Crippen LogP contribution in [0.3, 0.4) is 0 Å². The molecule has 4 rings (SSSR count). The van der Waals surface area contributed by atoms with Gasteiger partial charge in [0.1, 0.15) is 0 Å². The first kappa shape index (κ1) is 26.1. The van der Waals surface area contributed by atoms with E-state index in [9.17, 15) is 0 Å². The Labute approximate surface area is 214 Å². The Morgan fingerprint density at radius 1 is 1.12 bits per heavy atom. The molecule has 1 aromatic rings. The second-order valence-electron chi connectivity index (χ2n) is 9.48. The van der Waals surface area contributed by atoms with Crippen molar-refractivity contribution >= 4 is 41.3 Å². The molecular weight excluding hydrogens is 535 g/mol. The molecule has 0 spiro atoms. The molecule has 0 aliphatic carbocycles. The molecule has 3 fully saturated rings. The molecule has 3 saturated heterocycles. The van der Waals surface area contributed by atoms with E-state index in [1.54, 1.807) is 11.3 Å². The van der Waals surface area contributed by atoms with Gasteiger partial charge in [-0.3, -0.25) is 9.89 Å². The molecule has 0 radical (unpaired) electrons. The Kier molecular flexibility index (Phi) is 10.9. The molecule has 9 heteroatoms. The fraction of sp³-hybridized carbons (Fsp3) is 0.826. The number of nitrogens with one attached hydrogen (secondary N) is 2. The highest BCUT2D eigenvalue weighted by atomic mass is 127. The molecule has 1 atom stereocenters.